The number of carbonyl (C=O) groups is 1. The maximum Gasteiger partial charge on any atom is 0.407 e. The second-order valence-corrected chi connectivity index (χ2v) is 7.32. The number of hydrogen-bond acceptors (Lipinski definition) is 6. The van der Waals surface area contributed by atoms with Crippen LogP contribution in [0.25, 0.3) is 5.57 Å². The van der Waals surface area contributed by atoms with Crippen LogP contribution in [0, 0.1) is 12.3 Å². The van der Waals surface area contributed by atoms with Crippen LogP contribution >= 0.6 is 0 Å². The molecule has 1 amide bonds. The first kappa shape index (κ1) is 19.8. The fourth-order valence-electron chi connectivity index (χ4n) is 3.92. The fraction of sp³-hybridized carbons (Fsp3) is 0.333. The molecule has 0 aliphatic carbocycles. The van der Waals surface area contributed by atoms with E-state index in [1.807, 2.05) is 13.0 Å². The summed E-state index contributed by atoms with van der Waals surface area (Å²) in [5.74, 6) is 0.390. The average Bonchev–Trinajstić information content (AvgIpc) is 2.92. The number of fused-ring (bicyclic) bond motifs is 1. The van der Waals surface area contributed by atoms with Crippen LogP contribution < -0.4 is 10.1 Å². The topological polar surface area (TPSA) is 111 Å². The number of ether oxygens (including phenoxy) is 1. The summed E-state index contributed by atoms with van der Waals surface area (Å²) in [5, 5.41) is 20.6. The lowest BCUT2D eigenvalue weighted by molar-refractivity contribution is 0.147. The smallest absolute Gasteiger partial charge is 0.407 e. The van der Waals surface area contributed by atoms with Crippen molar-refractivity contribution in [1.82, 2.24) is 14.9 Å². The second-order valence-electron chi connectivity index (χ2n) is 7.32. The van der Waals surface area contributed by atoms with Gasteiger partial charge in [0.2, 0.25) is 5.90 Å². The van der Waals surface area contributed by atoms with Gasteiger partial charge in [-0.15, -0.1) is 0 Å². The van der Waals surface area contributed by atoms with Crippen molar-refractivity contribution in [2.75, 3.05) is 25.5 Å². The summed E-state index contributed by atoms with van der Waals surface area (Å²) >= 11 is 0. The van der Waals surface area contributed by atoms with Gasteiger partial charge in [0, 0.05) is 36.5 Å². The van der Waals surface area contributed by atoms with Crippen LogP contribution in [0.3, 0.4) is 0 Å². The van der Waals surface area contributed by atoms with Crippen LogP contribution in [0.5, 0.6) is 5.75 Å². The lowest BCUT2D eigenvalue weighted by Gasteiger charge is -2.15. The number of anilines is 1. The van der Waals surface area contributed by atoms with Crippen molar-refractivity contribution in [3.63, 3.8) is 0 Å². The molecule has 30 heavy (non-hydrogen) atoms. The maximum absolute atomic E-state index is 15.0. The third-order valence-electron chi connectivity index (χ3n) is 5.32. The van der Waals surface area contributed by atoms with Crippen LogP contribution in [0.2, 0.25) is 0 Å². The third kappa shape index (κ3) is 3.47. The van der Waals surface area contributed by atoms with Gasteiger partial charge in [-0.2, -0.15) is 0 Å². The minimum atomic E-state index is -1.14. The Morgan fingerprint density at radius 2 is 2.20 bits per heavy atom. The largest absolute Gasteiger partial charge is 0.465 e. The molecule has 1 aromatic carbocycles. The Kier molecular flexibility index (Phi) is 5.11. The molecule has 0 spiro atoms. The van der Waals surface area contributed by atoms with E-state index in [-0.39, 0.29) is 19.0 Å². The van der Waals surface area contributed by atoms with Crippen molar-refractivity contribution < 1.29 is 19.0 Å². The van der Waals surface area contributed by atoms with E-state index in [1.54, 1.807) is 25.2 Å². The number of allylic oxidation sites excluding steroid dienone is 1. The highest BCUT2D eigenvalue weighted by atomic mass is 19.1. The summed E-state index contributed by atoms with van der Waals surface area (Å²) in [6, 6.07) is 7.17. The van der Waals surface area contributed by atoms with Crippen molar-refractivity contribution in [2.24, 2.45) is 0 Å². The Hall–Kier alpha value is -3.49. The highest BCUT2D eigenvalue weighted by molar-refractivity contribution is 5.93. The minimum absolute atomic E-state index is 0.0214. The van der Waals surface area contributed by atoms with E-state index in [4.69, 9.17) is 10.1 Å². The van der Waals surface area contributed by atoms with Gasteiger partial charge >= 0.3 is 6.09 Å². The Morgan fingerprint density at radius 3 is 2.93 bits per heavy atom. The summed E-state index contributed by atoms with van der Waals surface area (Å²) in [6.45, 7) is 1.83. The molecule has 0 bridgehead atoms. The zero-order chi connectivity index (χ0) is 21.4. The van der Waals surface area contributed by atoms with Gasteiger partial charge in [-0.05, 0) is 25.3 Å². The van der Waals surface area contributed by atoms with Crippen LogP contribution in [-0.2, 0) is 0 Å². The minimum Gasteiger partial charge on any atom is -0.465 e. The van der Waals surface area contributed by atoms with Gasteiger partial charge < -0.3 is 20.1 Å². The molecule has 156 valence electrons. The van der Waals surface area contributed by atoms with Crippen molar-refractivity contribution >= 4 is 23.4 Å². The molecule has 2 aliphatic heterocycles. The van der Waals surface area contributed by atoms with Crippen LogP contribution in [0.4, 0.5) is 15.0 Å². The number of carboxylic acid groups (broad SMARTS) is 1. The van der Waals surface area contributed by atoms with E-state index in [1.165, 1.54) is 0 Å². The molecule has 3 heterocycles. The highest BCUT2D eigenvalue weighted by Crippen LogP contribution is 2.44. The molecular formula is C21H22FN5O3. The molecule has 1 aromatic heterocycles. The van der Waals surface area contributed by atoms with Crippen molar-refractivity contribution in [1.29, 1.82) is 5.41 Å². The first-order chi connectivity index (χ1) is 14.4. The number of nitrogens with one attached hydrogen (secondary N) is 2. The summed E-state index contributed by atoms with van der Waals surface area (Å²) in [5.41, 5.74) is 2.42. The standard InChI is InChI=1S/C21H22FN5O3/c1-11-9-16(24-2)26-20(25-11)17-14-6-3-5-13(18(14)30-19(17)23)12-7-4-8-27(21(28)29)10-15(12)22/h3,5-6,9,17,23H,4,7-8,10H2,1-2H3,(H,28,29)(H,24,25,26). The van der Waals surface area contributed by atoms with E-state index in [0.29, 0.717) is 46.9 Å². The summed E-state index contributed by atoms with van der Waals surface area (Å²) < 4.78 is 20.8. The van der Waals surface area contributed by atoms with Crippen LogP contribution in [0.15, 0.2) is 30.1 Å². The van der Waals surface area contributed by atoms with E-state index in [0.717, 1.165) is 10.6 Å². The molecule has 1 unspecified atom stereocenters. The molecule has 1 atom stereocenters. The SMILES string of the molecule is CNc1cc(C)nc(C2C(=N)Oc3c(C4=C(F)CN(C(=O)O)CCC4)cccc32)n1. The molecule has 0 saturated heterocycles. The average molecular weight is 411 g/mol. The Labute approximate surface area is 172 Å². The van der Waals surface area contributed by atoms with Crippen molar-refractivity contribution in [2.45, 2.75) is 25.7 Å². The summed E-state index contributed by atoms with van der Waals surface area (Å²) in [6.07, 6.45) is -0.246. The lowest BCUT2D eigenvalue weighted by Crippen LogP contribution is -2.30. The molecular weight excluding hydrogens is 389 g/mol. The Bertz CT molecular complexity index is 1070. The molecule has 2 aliphatic rings. The van der Waals surface area contributed by atoms with Crippen LogP contribution in [0.1, 0.15) is 41.4 Å². The second kappa shape index (κ2) is 7.74. The molecule has 9 heteroatoms. The van der Waals surface area contributed by atoms with Gasteiger partial charge in [0.25, 0.3) is 0 Å². The van der Waals surface area contributed by atoms with Gasteiger partial charge in [0.15, 0.2) is 0 Å². The molecule has 0 saturated carbocycles. The Morgan fingerprint density at radius 1 is 1.40 bits per heavy atom. The Balaban J connectivity index is 1.78. The normalized spacial score (nSPS) is 18.7. The van der Waals surface area contributed by atoms with Crippen LogP contribution in [-0.4, -0.2) is 52.1 Å². The van der Waals surface area contributed by atoms with Gasteiger partial charge in [-0.1, -0.05) is 18.2 Å². The quantitative estimate of drug-likeness (QED) is 0.709. The number of amides is 1. The zero-order valence-electron chi connectivity index (χ0n) is 16.7. The lowest BCUT2D eigenvalue weighted by atomic mass is 9.93. The van der Waals surface area contributed by atoms with E-state index in [2.05, 4.69) is 15.3 Å². The van der Waals surface area contributed by atoms with Gasteiger partial charge in [-0.3, -0.25) is 5.41 Å². The molecule has 2 aromatic rings. The van der Waals surface area contributed by atoms with Gasteiger partial charge in [0.1, 0.15) is 29.1 Å². The number of nitrogens with zero attached hydrogens (tertiary/aromatic N) is 3. The predicted octanol–water partition coefficient (Wildman–Crippen LogP) is 3.78. The predicted molar refractivity (Wildman–Crippen MR) is 110 cm³/mol. The number of hydrogen-bond donors (Lipinski definition) is 3. The number of rotatable bonds is 3. The van der Waals surface area contributed by atoms with Crippen molar-refractivity contribution in [3.05, 3.63) is 52.7 Å². The molecule has 3 N–H and O–H groups in total. The molecule has 8 nitrogen and oxygen atoms in total. The van der Waals surface area contributed by atoms with E-state index in [9.17, 15) is 14.3 Å². The third-order valence-corrected chi connectivity index (χ3v) is 5.32. The first-order valence-electron chi connectivity index (χ1n) is 9.67. The number of halogens is 1. The number of aryl methyl sites for hydroxylation is 1. The summed E-state index contributed by atoms with van der Waals surface area (Å²) in [7, 11) is 1.76. The summed E-state index contributed by atoms with van der Waals surface area (Å²) in [4.78, 5) is 21.3. The monoisotopic (exact) mass is 411 g/mol. The molecule has 0 radical (unpaired) electrons. The van der Waals surface area contributed by atoms with E-state index >= 15 is 0 Å². The highest BCUT2D eigenvalue weighted by Gasteiger charge is 2.37. The number of aromatic nitrogens is 2. The number of benzene rings is 1. The van der Waals surface area contributed by atoms with Gasteiger partial charge in [-0.25, -0.2) is 19.2 Å². The molecule has 0 fully saturated rings. The maximum atomic E-state index is 15.0. The van der Waals surface area contributed by atoms with Crippen molar-refractivity contribution in [3.8, 4) is 5.75 Å². The first-order valence-corrected chi connectivity index (χ1v) is 9.67. The van der Waals surface area contributed by atoms with Gasteiger partial charge in [0.05, 0.1) is 6.54 Å². The zero-order valence-corrected chi connectivity index (χ0v) is 16.7. The number of para-hydroxylation sites is 1. The van der Waals surface area contributed by atoms with E-state index < -0.39 is 17.8 Å². The molecule has 4 rings (SSSR count). The fourth-order valence-corrected chi connectivity index (χ4v) is 3.92.